The highest BCUT2D eigenvalue weighted by Gasteiger charge is 2.41. The summed E-state index contributed by atoms with van der Waals surface area (Å²) in [6.45, 7) is 3.31. The molecule has 2 rings (SSSR count). The monoisotopic (exact) mass is 180 g/mol. The van der Waals surface area contributed by atoms with Gasteiger partial charge in [-0.3, -0.25) is 0 Å². The van der Waals surface area contributed by atoms with Gasteiger partial charge in [0.2, 0.25) is 5.90 Å². The first kappa shape index (κ1) is 8.75. The number of rotatable bonds is 2. The molecule has 0 aromatic carbocycles. The van der Waals surface area contributed by atoms with Crippen molar-refractivity contribution in [3.05, 3.63) is 12.2 Å². The fraction of sp³-hybridized carbons (Fsp3) is 0.700. The quantitative estimate of drug-likeness (QED) is 0.691. The number of aliphatic imine (C=N–C) groups is 1. The molecule has 1 heterocycles. The third kappa shape index (κ3) is 1.75. The topological polar surface area (TPSA) is 47.6 Å². The SMILES string of the molecule is CCOC1=NCC(N)(C2CC2)C=C1. The van der Waals surface area contributed by atoms with E-state index in [0.29, 0.717) is 19.1 Å². The van der Waals surface area contributed by atoms with Crippen LogP contribution in [0.15, 0.2) is 17.1 Å². The summed E-state index contributed by atoms with van der Waals surface area (Å²) in [5.41, 5.74) is 5.99. The normalized spacial score (nSPS) is 32.9. The number of ether oxygens (including phenoxy) is 1. The van der Waals surface area contributed by atoms with Crippen molar-refractivity contribution in [2.24, 2.45) is 16.6 Å². The minimum atomic E-state index is -0.180. The Morgan fingerprint density at radius 1 is 1.69 bits per heavy atom. The smallest absolute Gasteiger partial charge is 0.208 e. The van der Waals surface area contributed by atoms with E-state index in [2.05, 4.69) is 11.1 Å². The van der Waals surface area contributed by atoms with Crippen LogP contribution in [0.1, 0.15) is 19.8 Å². The van der Waals surface area contributed by atoms with Crippen molar-refractivity contribution in [1.82, 2.24) is 0 Å². The van der Waals surface area contributed by atoms with Crippen LogP contribution in [-0.4, -0.2) is 24.6 Å². The Hall–Kier alpha value is -0.830. The Bertz CT molecular complexity index is 256. The van der Waals surface area contributed by atoms with Crippen molar-refractivity contribution in [3.8, 4) is 0 Å². The van der Waals surface area contributed by atoms with Gasteiger partial charge in [0.25, 0.3) is 0 Å². The van der Waals surface area contributed by atoms with Crippen LogP contribution in [-0.2, 0) is 4.74 Å². The van der Waals surface area contributed by atoms with Crippen LogP contribution >= 0.6 is 0 Å². The summed E-state index contributed by atoms with van der Waals surface area (Å²) < 4.78 is 5.28. The van der Waals surface area contributed by atoms with E-state index in [0.717, 1.165) is 5.90 Å². The molecule has 1 unspecified atom stereocenters. The number of hydrogen-bond donors (Lipinski definition) is 1. The highest BCUT2D eigenvalue weighted by molar-refractivity contribution is 5.88. The fourth-order valence-electron chi connectivity index (χ4n) is 1.67. The molecule has 0 radical (unpaired) electrons. The first-order valence-corrected chi connectivity index (χ1v) is 4.90. The zero-order valence-corrected chi connectivity index (χ0v) is 7.99. The number of hydrogen-bond acceptors (Lipinski definition) is 3. The Balaban J connectivity index is 1.99. The lowest BCUT2D eigenvalue weighted by Gasteiger charge is -2.26. The molecule has 3 nitrogen and oxygen atoms in total. The van der Waals surface area contributed by atoms with Crippen molar-refractivity contribution in [3.63, 3.8) is 0 Å². The Morgan fingerprint density at radius 2 is 2.46 bits per heavy atom. The van der Waals surface area contributed by atoms with Crippen LogP contribution < -0.4 is 5.73 Å². The maximum absolute atomic E-state index is 6.17. The van der Waals surface area contributed by atoms with Gasteiger partial charge in [-0.2, -0.15) is 0 Å². The summed E-state index contributed by atoms with van der Waals surface area (Å²) in [5.74, 6) is 1.37. The van der Waals surface area contributed by atoms with Gasteiger partial charge in [0.05, 0.1) is 18.7 Å². The summed E-state index contributed by atoms with van der Waals surface area (Å²) in [5, 5.41) is 0. The minimum absolute atomic E-state index is 0.180. The first-order valence-electron chi connectivity index (χ1n) is 4.90. The first-order chi connectivity index (χ1) is 6.24. The summed E-state index contributed by atoms with van der Waals surface area (Å²) in [7, 11) is 0. The summed E-state index contributed by atoms with van der Waals surface area (Å²) in [6, 6.07) is 0. The van der Waals surface area contributed by atoms with Crippen LogP contribution in [0.25, 0.3) is 0 Å². The standard InChI is InChI=1S/C10H16N2O/c1-2-13-9-5-6-10(11,7-12-9)8-3-4-8/h5-6,8H,2-4,7,11H2,1H3. The second-order valence-electron chi connectivity index (χ2n) is 3.81. The third-order valence-corrected chi connectivity index (χ3v) is 2.67. The summed E-state index contributed by atoms with van der Waals surface area (Å²) >= 11 is 0. The molecular formula is C10H16N2O. The van der Waals surface area contributed by atoms with Gasteiger partial charge >= 0.3 is 0 Å². The molecule has 0 amide bonds. The lowest BCUT2D eigenvalue weighted by atomic mass is 9.93. The molecule has 1 atom stereocenters. The molecule has 1 aliphatic heterocycles. The lowest BCUT2D eigenvalue weighted by Crippen LogP contribution is -2.45. The van der Waals surface area contributed by atoms with Gasteiger partial charge in [0.15, 0.2) is 0 Å². The molecule has 1 fully saturated rings. The van der Waals surface area contributed by atoms with Crippen LogP contribution in [0.4, 0.5) is 0 Å². The molecule has 1 aliphatic carbocycles. The molecule has 0 spiro atoms. The predicted molar refractivity (Wildman–Crippen MR) is 52.7 cm³/mol. The minimum Gasteiger partial charge on any atom is -0.478 e. The van der Waals surface area contributed by atoms with E-state index in [-0.39, 0.29) is 5.54 Å². The third-order valence-electron chi connectivity index (χ3n) is 2.67. The molecule has 72 valence electrons. The zero-order chi connectivity index (χ0) is 9.31. The molecule has 2 N–H and O–H groups in total. The van der Waals surface area contributed by atoms with Crippen LogP contribution in [0.3, 0.4) is 0 Å². The molecule has 0 aromatic rings. The van der Waals surface area contributed by atoms with E-state index >= 15 is 0 Å². The number of nitrogens with two attached hydrogens (primary N) is 1. The van der Waals surface area contributed by atoms with Gasteiger partial charge in [-0.05, 0) is 31.8 Å². The van der Waals surface area contributed by atoms with E-state index in [1.165, 1.54) is 12.8 Å². The Kier molecular flexibility index (Phi) is 2.12. The predicted octanol–water partition coefficient (Wildman–Crippen LogP) is 1.10. The molecule has 3 heteroatoms. The Labute approximate surface area is 78.7 Å². The van der Waals surface area contributed by atoms with E-state index < -0.39 is 0 Å². The molecule has 13 heavy (non-hydrogen) atoms. The molecular weight excluding hydrogens is 164 g/mol. The van der Waals surface area contributed by atoms with Crippen LogP contribution in [0, 0.1) is 5.92 Å². The van der Waals surface area contributed by atoms with Gasteiger partial charge in [-0.25, -0.2) is 4.99 Å². The average molecular weight is 180 g/mol. The molecule has 0 aromatic heterocycles. The summed E-state index contributed by atoms with van der Waals surface area (Å²) in [6.07, 6.45) is 6.47. The second kappa shape index (κ2) is 3.14. The maximum Gasteiger partial charge on any atom is 0.208 e. The van der Waals surface area contributed by atoms with E-state index in [9.17, 15) is 0 Å². The lowest BCUT2D eigenvalue weighted by molar-refractivity contribution is 0.322. The van der Waals surface area contributed by atoms with Crippen molar-refractivity contribution >= 4 is 5.90 Å². The van der Waals surface area contributed by atoms with Crippen molar-refractivity contribution in [1.29, 1.82) is 0 Å². The van der Waals surface area contributed by atoms with E-state index in [1.807, 2.05) is 13.0 Å². The fourth-order valence-corrected chi connectivity index (χ4v) is 1.67. The molecule has 1 saturated carbocycles. The highest BCUT2D eigenvalue weighted by Crippen LogP contribution is 2.40. The van der Waals surface area contributed by atoms with E-state index in [1.54, 1.807) is 0 Å². The van der Waals surface area contributed by atoms with Crippen molar-refractivity contribution in [2.75, 3.05) is 13.2 Å². The maximum atomic E-state index is 6.17. The largest absolute Gasteiger partial charge is 0.478 e. The van der Waals surface area contributed by atoms with Crippen molar-refractivity contribution < 1.29 is 4.74 Å². The number of dihydropyridines is 1. The average Bonchev–Trinajstić information content (AvgIpc) is 2.92. The van der Waals surface area contributed by atoms with Crippen LogP contribution in [0.5, 0.6) is 0 Å². The summed E-state index contributed by atoms with van der Waals surface area (Å²) in [4.78, 5) is 4.32. The molecule has 2 aliphatic rings. The Morgan fingerprint density at radius 3 is 2.92 bits per heavy atom. The molecule has 0 bridgehead atoms. The van der Waals surface area contributed by atoms with Crippen LogP contribution in [0.2, 0.25) is 0 Å². The number of nitrogens with zero attached hydrogens (tertiary/aromatic N) is 1. The van der Waals surface area contributed by atoms with Gasteiger partial charge in [-0.1, -0.05) is 6.08 Å². The zero-order valence-electron chi connectivity index (χ0n) is 7.99. The van der Waals surface area contributed by atoms with Gasteiger partial charge in [0, 0.05) is 0 Å². The molecule has 0 saturated heterocycles. The second-order valence-corrected chi connectivity index (χ2v) is 3.81. The van der Waals surface area contributed by atoms with Gasteiger partial charge in [0.1, 0.15) is 0 Å². The highest BCUT2D eigenvalue weighted by atomic mass is 16.5. The van der Waals surface area contributed by atoms with Gasteiger partial charge in [-0.15, -0.1) is 0 Å². The van der Waals surface area contributed by atoms with Crippen molar-refractivity contribution in [2.45, 2.75) is 25.3 Å². The van der Waals surface area contributed by atoms with Gasteiger partial charge < -0.3 is 10.5 Å². The van der Waals surface area contributed by atoms with E-state index in [4.69, 9.17) is 10.5 Å².